The van der Waals surface area contributed by atoms with E-state index in [0.717, 1.165) is 122 Å². The number of nitrogens with zero attached hydrogens (tertiary/aromatic N) is 1. The van der Waals surface area contributed by atoms with Crippen LogP contribution in [0.1, 0.15) is 162 Å². The molecule has 0 saturated heterocycles. The first-order valence-electron chi connectivity index (χ1n) is 26.5. The van der Waals surface area contributed by atoms with Gasteiger partial charge in [-0.2, -0.15) is 0 Å². The lowest BCUT2D eigenvalue weighted by Gasteiger charge is -2.26. The molecule has 0 aromatic carbocycles. The Bertz CT molecular complexity index is 1650. The summed E-state index contributed by atoms with van der Waals surface area (Å²) >= 11 is 0. The molecule has 0 aromatic rings. The van der Waals surface area contributed by atoms with E-state index in [1.165, 1.54) is 6.42 Å². The van der Waals surface area contributed by atoms with E-state index in [-0.39, 0.29) is 38.6 Å². The average Bonchev–Trinajstić information content (AvgIpc) is 3.33. The predicted molar refractivity (Wildman–Crippen MR) is 292 cm³/mol. The van der Waals surface area contributed by atoms with Crippen LogP contribution >= 0.6 is 0 Å². The van der Waals surface area contributed by atoms with Crippen LogP contribution in [0.15, 0.2) is 146 Å². The van der Waals surface area contributed by atoms with E-state index in [1.54, 1.807) is 0 Å². The SMILES string of the molecule is CC/C=C\C/C=C\C/C=C\C/C=C\C/C=C\C/C=C\C/C=C\C/C=C\C/C=C\C/C=C\C/C=C\C/C=C\CCCCC(=O)OC(COC(=O)CCCCCCCC)COC(OCC[N+](C)(C)C)C(=O)[O-]. The molecule has 9 heteroatoms. The van der Waals surface area contributed by atoms with Crippen molar-refractivity contribution in [3.63, 3.8) is 0 Å². The molecule has 392 valence electrons. The van der Waals surface area contributed by atoms with Gasteiger partial charge in [-0.25, -0.2) is 0 Å². The number of aliphatic carboxylic acids is 1. The number of hydrogen-bond donors (Lipinski definition) is 0. The van der Waals surface area contributed by atoms with Crippen LogP contribution in [0.5, 0.6) is 0 Å². The maximum Gasteiger partial charge on any atom is 0.306 e. The van der Waals surface area contributed by atoms with Crippen molar-refractivity contribution in [2.24, 2.45) is 0 Å². The number of likely N-dealkylation sites (N-methyl/N-ethyl adjacent to an activating group) is 1. The zero-order valence-corrected chi connectivity index (χ0v) is 44.3. The summed E-state index contributed by atoms with van der Waals surface area (Å²) in [6.45, 7) is 4.46. The second-order valence-corrected chi connectivity index (χ2v) is 18.1. The summed E-state index contributed by atoms with van der Waals surface area (Å²) in [6, 6.07) is 0. The Morgan fingerprint density at radius 3 is 1.21 bits per heavy atom. The summed E-state index contributed by atoms with van der Waals surface area (Å²) in [5.41, 5.74) is 0. The second kappa shape index (κ2) is 50.6. The zero-order valence-electron chi connectivity index (χ0n) is 44.3. The quantitative estimate of drug-likeness (QED) is 0.0195. The molecule has 0 aliphatic heterocycles. The van der Waals surface area contributed by atoms with E-state index in [9.17, 15) is 19.5 Å². The molecule has 0 aromatic heterocycles. The van der Waals surface area contributed by atoms with Gasteiger partial charge in [0.25, 0.3) is 0 Å². The normalized spacial score (nSPS) is 14.0. The Labute approximate surface area is 426 Å². The highest BCUT2D eigenvalue weighted by Crippen LogP contribution is 2.11. The van der Waals surface area contributed by atoms with Crippen molar-refractivity contribution < 1.29 is 42.9 Å². The first-order valence-corrected chi connectivity index (χ1v) is 26.5. The molecule has 0 N–H and O–H groups in total. The molecular formula is C61H95NO8. The van der Waals surface area contributed by atoms with Crippen LogP contribution in [0.3, 0.4) is 0 Å². The van der Waals surface area contributed by atoms with Crippen LogP contribution in [0.2, 0.25) is 0 Å². The fourth-order valence-corrected chi connectivity index (χ4v) is 6.28. The highest BCUT2D eigenvalue weighted by molar-refractivity contribution is 5.70. The molecule has 0 radical (unpaired) electrons. The summed E-state index contributed by atoms with van der Waals surface area (Å²) in [4.78, 5) is 36.8. The van der Waals surface area contributed by atoms with Gasteiger partial charge >= 0.3 is 11.9 Å². The largest absolute Gasteiger partial charge is 0.545 e. The van der Waals surface area contributed by atoms with E-state index in [2.05, 4.69) is 160 Å². The van der Waals surface area contributed by atoms with Crippen molar-refractivity contribution in [3.05, 3.63) is 146 Å². The van der Waals surface area contributed by atoms with Gasteiger partial charge in [-0.15, -0.1) is 0 Å². The topological polar surface area (TPSA) is 111 Å². The number of allylic oxidation sites excluding steroid dienone is 24. The van der Waals surface area contributed by atoms with Crippen LogP contribution in [0.25, 0.3) is 0 Å². The second-order valence-electron chi connectivity index (χ2n) is 18.1. The molecule has 0 aliphatic rings. The maximum atomic E-state index is 12.7. The fraction of sp³-hybridized carbons (Fsp3) is 0.557. The van der Waals surface area contributed by atoms with Gasteiger partial charge < -0.3 is 33.3 Å². The molecule has 0 amide bonds. The van der Waals surface area contributed by atoms with Gasteiger partial charge in [0.05, 0.1) is 40.3 Å². The summed E-state index contributed by atoms with van der Waals surface area (Å²) in [5, 5.41) is 11.7. The van der Waals surface area contributed by atoms with Gasteiger partial charge in [0.15, 0.2) is 12.4 Å². The summed E-state index contributed by atoms with van der Waals surface area (Å²) in [6.07, 6.45) is 70.9. The van der Waals surface area contributed by atoms with Crippen molar-refractivity contribution in [2.75, 3.05) is 47.5 Å². The van der Waals surface area contributed by atoms with Gasteiger partial charge in [-0.3, -0.25) is 9.59 Å². The molecular weight excluding hydrogens is 875 g/mol. The molecule has 0 rings (SSSR count). The molecule has 0 spiro atoms. The minimum absolute atomic E-state index is 0.132. The van der Waals surface area contributed by atoms with Crippen LogP contribution in [-0.2, 0) is 33.3 Å². The maximum absolute atomic E-state index is 12.7. The molecule has 2 unspecified atom stereocenters. The van der Waals surface area contributed by atoms with Crippen LogP contribution in [-0.4, -0.2) is 82.3 Å². The van der Waals surface area contributed by atoms with Gasteiger partial charge in [-0.05, 0) is 103 Å². The molecule has 0 saturated carbocycles. The summed E-state index contributed by atoms with van der Waals surface area (Å²) < 4.78 is 22.4. The van der Waals surface area contributed by atoms with Gasteiger partial charge in [0.1, 0.15) is 13.2 Å². The van der Waals surface area contributed by atoms with Gasteiger partial charge in [0.2, 0.25) is 0 Å². The lowest BCUT2D eigenvalue weighted by molar-refractivity contribution is -0.870. The molecule has 0 heterocycles. The average molecular weight is 970 g/mol. The Kier molecular flexibility index (Phi) is 47.1. The number of unbranched alkanes of at least 4 members (excludes halogenated alkanes) is 7. The van der Waals surface area contributed by atoms with Gasteiger partial charge in [0, 0.05) is 12.8 Å². The molecule has 9 nitrogen and oxygen atoms in total. The highest BCUT2D eigenvalue weighted by Gasteiger charge is 2.21. The third-order valence-corrected chi connectivity index (χ3v) is 10.4. The number of carbonyl (C=O) groups is 3. The number of carboxylic acid groups (broad SMARTS) is 1. The molecule has 2 atom stereocenters. The molecule has 0 aliphatic carbocycles. The van der Waals surface area contributed by atoms with E-state index in [0.29, 0.717) is 17.4 Å². The highest BCUT2D eigenvalue weighted by atomic mass is 16.7. The predicted octanol–water partition coefficient (Wildman–Crippen LogP) is 13.9. The van der Waals surface area contributed by atoms with Crippen molar-refractivity contribution in [3.8, 4) is 0 Å². The number of esters is 2. The third-order valence-electron chi connectivity index (χ3n) is 10.4. The Morgan fingerprint density at radius 1 is 0.443 bits per heavy atom. The number of hydrogen-bond acceptors (Lipinski definition) is 8. The summed E-state index contributed by atoms with van der Waals surface area (Å²) in [5.74, 6) is -2.38. The van der Waals surface area contributed by atoms with Crippen molar-refractivity contribution in [1.82, 2.24) is 0 Å². The fourth-order valence-electron chi connectivity index (χ4n) is 6.28. The van der Waals surface area contributed by atoms with E-state index in [4.69, 9.17) is 18.9 Å². The number of ether oxygens (including phenoxy) is 4. The minimum Gasteiger partial charge on any atom is -0.545 e. The first-order chi connectivity index (χ1) is 34.1. The Balaban J connectivity index is 4.20. The van der Waals surface area contributed by atoms with Crippen molar-refractivity contribution in [1.29, 1.82) is 0 Å². The molecule has 0 bridgehead atoms. The summed E-state index contributed by atoms with van der Waals surface area (Å²) in [7, 11) is 5.87. The molecule has 0 fully saturated rings. The van der Waals surface area contributed by atoms with E-state index in [1.807, 2.05) is 21.1 Å². The lowest BCUT2D eigenvalue weighted by atomic mass is 10.1. The number of rotatable bonds is 46. The van der Waals surface area contributed by atoms with Crippen LogP contribution < -0.4 is 5.11 Å². The minimum atomic E-state index is -1.64. The standard InChI is InChI=1S/C61H95NO8/c1-6-8-10-12-14-15-16-17-18-19-20-21-22-23-24-25-26-27-28-29-30-31-32-33-34-35-36-37-38-39-40-41-42-43-44-45-46-48-50-52-59(64)70-57(55-68-58(63)51-49-47-13-11-9-7-2)56-69-61(60(65)66)67-54-53-62(3,4)5/h8,10,14-15,17-18,20-21,23-24,26-27,29-30,32-33,35-36,38-39,41-42,44-45,57,61H,6-7,9,11-13,16,19,22,25,28,31,34,37,40,43,46-56H2,1-5H3/b10-8-,15-14-,18-17-,21-20-,24-23-,27-26-,30-29-,33-32-,36-35-,39-38-,42-41-,45-44-. The lowest BCUT2D eigenvalue weighted by Crippen LogP contribution is -2.44. The first kappa shape index (κ1) is 65.2. The van der Waals surface area contributed by atoms with Crippen LogP contribution in [0.4, 0.5) is 0 Å². The zero-order chi connectivity index (χ0) is 51.3. The number of quaternary nitrogens is 1. The molecule has 70 heavy (non-hydrogen) atoms. The van der Waals surface area contributed by atoms with Crippen molar-refractivity contribution in [2.45, 2.75) is 174 Å². The van der Waals surface area contributed by atoms with Gasteiger partial charge in [-0.1, -0.05) is 192 Å². The number of carbonyl (C=O) groups excluding carboxylic acids is 3. The number of carboxylic acids is 1. The van der Waals surface area contributed by atoms with E-state index >= 15 is 0 Å². The van der Waals surface area contributed by atoms with Crippen LogP contribution in [0, 0.1) is 0 Å². The smallest absolute Gasteiger partial charge is 0.306 e. The Hall–Kier alpha value is -4.83. The van der Waals surface area contributed by atoms with Crippen molar-refractivity contribution >= 4 is 17.9 Å². The Morgan fingerprint density at radius 2 is 0.814 bits per heavy atom. The monoisotopic (exact) mass is 970 g/mol. The van der Waals surface area contributed by atoms with E-state index < -0.39 is 24.3 Å². The third kappa shape index (κ3) is 51.0.